The third kappa shape index (κ3) is 2.21. The van der Waals surface area contributed by atoms with Crippen molar-refractivity contribution in [3.8, 4) is 0 Å². The van der Waals surface area contributed by atoms with Crippen LogP contribution in [0.15, 0.2) is 12.1 Å². The Hall–Kier alpha value is -0.870. The van der Waals surface area contributed by atoms with Crippen LogP contribution in [0, 0.1) is 5.92 Å². The Morgan fingerprint density at radius 2 is 2.40 bits per heavy atom. The molecule has 3 nitrogen and oxygen atoms in total. The topological polar surface area (TPSA) is 40.5 Å². The van der Waals surface area contributed by atoms with Gasteiger partial charge in [0, 0.05) is 13.1 Å². The van der Waals surface area contributed by atoms with Crippen LogP contribution in [-0.2, 0) is 0 Å². The number of carbonyl (C=O) groups is 1. The van der Waals surface area contributed by atoms with Gasteiger partial charge in [0.25, 0.3) is 0 Å². The van der Waals surface area contributed by atoms with Crippen molar-refractivity contribution in [3.05, 3.63) is 17.0 Å². The number of aldehydes is 1. The normalized spacial score (nSPS) is 26.7. The van der Waals surface area contributed by atoms with Gasteiger partial charge in [-0.15, -0.1) is 11.3 Å². The van der Waals surface area contributed by atoms with Crippen LogP contribution in [0.3, 0.4) is 0 Å². The Bertz CT molecular complexity index is 350. The predicted molar refractivity (Wildman–Crippen MR) is 61.7 cm³/mol. The molecule has 1 aliphatic rings. The van der Waals surface area contributed by atoms with Gasteiger partial charge in [0.2, 0.25) is 0 Å². The van der Waals surface area contributed by atoms with Gasteiger partial charge in [-0.25, -0.2) is 0 Å². The summed E-state index contributed by atoms with van der Waals surface area (Å²) >= 11 is 1.52. The molecule has 0 amide bonds. The Kier molecular flexibility index (Phi) is 3.07. The van der Waals surface area contributed by atoms with E-state index in [1.807, 2.05) is 12.1 Å². The van der Waals surface area contributed by atoms with Crippen molar-refractivity contribution in [3.63, 3.8) is 0 Å². The fourth-order valence-electron chi connectivity index (χ4n) is 1.91. The van der Waals surface area contributed by atoms with E-state index in [0.717, 1.165) is 35.7 Å². The predicted octanol–water partition coefficient (Wildman–Crippen LogP) is 1.77. The van der Waals surface area contributed by atoms with Gasteiger partial charge in [-0.2, -0.15) is 0 Å². The summed E-state index contributed by atoms with van der Waals surface area (Å²) in [5, 5.41) is 10.7. The quantitative estimate of drug-likeness (QED) is 0.780. The molecule has 1 aromatic rings. The summed E-state index contributed by atoms with van der Waals surface area (Å²) in [7, 11) is 0. The molecule has 2 heterocycles. The van der Waals surface area contributed by atoms with Gasteiger partial charge in [0.1, 0.15) is 0 Å². The highest BCUT2D eigenvalue weighted by molar-refractivity contribution is 7.17. The first-order valence-corrected chi connectivity index (χ1v) is 6.00. The molecule has 0 spiro atoms. The van der Waals surface area contributed by atoms with E-state index in [4.69, 9.17) is 0 Å². The van der Waals surface area contributed by atoms with Crippen LogP contribution in [0.5, 0.6) is 0 Å². The second-order valence-electron chi connectivity index (χ2n) is 4.07. The van der Waals surface area contributed by atoms with Crippen LogP contribution in [0.2, 0.25) is 0 Å². The number of anilines is 1. The molecule has 1 N–H and O–H groups in total. The number of carbonyl (C=O) groups excluding carboxylic acids is 1. The Balaban J connectivity index is 2.08. The molecule has 0 aliphatic carbocycles. The summed E-state index contributed by atoms with van der Waals surface area (Å²) < 4.78 is 0. The van der Waals surface area contributed by atoms with E-state index in [9.17, 15) is 9.90 Å². The lowest BCUT2D eigenvalue weighted by atomic mass is 9.97. The van der Waals surface area contributed by atoms with Gasteiger partial charge < -0.3 is 10.0 Å². The fraction of sp³-hybridized carbons (Fsp3) is 0.545. The summed E-state index contributed by atoms with van der Waals surface area (Å²) in [5.74, 6) is 0.306. The van der Waals surface area contributed by atoms with Crippen LogP contribution < -0.4 is 4.90 Å². The molecule has 1 fully saturated rings. The van der Waals surface area contributed by atoms with Crippen molar-refractivity contribution < 1.29 is 9.90 Å². The zero-order valence-corrected chi connectivity index (χ0v) is 9.54. The van der Waals surface area contributed by atoms with Gasteiger partial charge in [0.15, 0.2) is 6.29 Å². The number of thiophene rings is 1. The lowest BCUT2D eigenvalue weighted by Gasteiger charge is -2.34. The van der Waals surface area contributed by atoms with Crippen molar-refractivity contribution in [2.45, 2.75) is 19.4 Å². The number of aliphatic hydroxyl groups excluding tert-OH is 1. The number of hydrogen-bond donors (Lipinski definition) is 1. The monoisotopic (exact) mass is 225 g/mol. The van der Waals surface area contributed by atoms with Gasteiger partial charge in [0.05, 0.1) is 16.0 Å². The number of hydrogen-bond acceptors (Lipinski definition) is 4. The van der Waals surface area contributed by atoms with E-state index < -0.39 is 0 Å². The lowest BCUT2D eigenvalue weighted by molar-refractivity contribution is 0.0972. The van der Waals surface area contributed by atoms with E-state index in [2.05, 4.69) is 11.8 Å². The number of nitrogens with zero attached hydrogens (tertiary/aromatic N) is 1. The highest BCUT2D eigenvalue weighted by Crippen LogP contribution is 2.29. The average Bonchev–Trinajstić information content (AvgIpc) is 2.70. The molecule has 2 atom stereocenters. The standard InChI is InChI=1S/C11H15NO2S/c1-8-6-12(5-4-10(8)14)11-3-2-9(7-13)15-11/h2-3,7-8,10,14H,4-6H2,1H3. The molecule has 0 aromatic carbocycles. The molecule has 0 bridgehead atoms. The molecule has 15 heavy (non-hydrogen) atoms. The van der Waals surface area contributed by atoms with Crippen molar-refractivity contribution in [2.24, 2.45) is 5.92 Å². The fourth-order valence-corrected chi connectivity index (χ4v) is 2.77. The molecule has 82 valence electrons. The summed E-state index contributed by atoms with van der Waals surface area (Å²) in [5.41, 5.74) is 0. The molecule has 1 aliphatic heterocycles. The first-order chi connectivity index (χ1) is 7.20. The number of aliphatic hydroxyl groups is 1. The second-order valence-corrected chi connectivity index (χ2v) is 5.17. The molecule has 1 saturated heterocycles. The minimum absolute atomic E-state index is 0.174. The van der Waals surface area contributed by atoms with Gasteiger partial charge >= 0.3 is 0 Å². The van der Waals surface area contributed by atoms with Crippen molar-refractivity contribution >= 4 is 22.6 Å². The van der Waals surface area contributed by atoms with Crippen LogP contribution >= 0.6 is 11.3 Å². The molecule has 0 radical (unpaired) electrons. The van der Waals surface area contributed by atoms with E-state index in [0.29, 0.717) is 5.92 Å². The Morgan fingerprint density at radius 1 is 1.60 bits per heavy atom. The molecular weight excluding hydrogens is 210 g/mol. The molecular formula is C11H15NO2S. The van der Waals surface area contributed by atoms with E-state index in [1.165, 1.54) is 11.3 Å². The zero-order valence-electron chi connectivity index (χ0n) is 8.72. The summed E-state index contributed by atoms with van der Waals surface area (Å²) in [6, 6.07) is 3.83. The minimum Gasteiger partial charge on any atom is -0.393 e. The Labute approximate surface area is 93.3 Å². The third-order valence-corrected chi connectivity index (χ3v) is 3.97. The maximum Gasteiger partial charge on any atom is 0.160 e. The van der Waals surface area contributed by atoms with Crippen molar-refractivity contribution in [2.75, 3.05) is 18.0 Å². The molecule has 0 saturated carbocycles. The smallest absolute Gasteiger partial charge is 0.160 e. The average molecular weight is 225 g/mol. The molecule has 2 rings (SSSR count). The first-order valence-electron chi connectivity index (χ1n) is 5.18. The van der Waals surface area contributed by atoms with E-state index >= 15 is 0 Å². The van der Waals surface area contributed by atoms with Crippen molar-refractivity contribution in [1.29, 1.82) is 0 Å². The summed E-state index contributed by atoms with van der Waals surface area (Å²) in [6.07, 6.45) is 1.53. The van der Waals surface area contributed by atoms with Gasteiger partial charge in [-0.1, -0.05) is 6.92 Å². The SMILES string of the molecule is CC1CN(c2ccc(C=O)s2)CCC1O. The maximum absolute atomic E-state index is 10.6. The van der Waals surface area contributed by atoms with Crippen LogP contribution in [0.25, 0.3) is 0 Å². The molecule has 4 heteroatoms. The Morgan fingerprint density at radius 3 is 3.00 bits per heavy atom. The van der Waals surface area contributed by atoms with Gasteiger partial charge in [-0.05, 0) is 24.5 Å². The van der Waals surface area contributed by atoms with Crippen LogP contribution in [-0.4, -0.2) is 30.6 Å². The van der Waals surface area contributed by atoms with Crippen molar-refractivity contribution in [1.82, 2.24) is 0 Å². The second kappa shape index (κ2) is 4.33. The number of rotatable bonds is 2. The summed E-state index contributed by atoms with van der Waals surface area (Å²) in [4.78, 5) is 13.6. The molecule has 2 unspecified atom stereocenters. The summed E-state index contributed by atoms with van der Waals surface area (Å²) in [6.45, 7) is 3.81. The van der Waals surface area contributed by atoms with Gasteiger partial charge in [-0.3, -0.25) is 4.79 Å². The van der Waals surface area contributed by atoms with Crippen LogP contribution in [0.1, 0.15) is 23.0 Å². The third-order valence-electron chi connectivity index (χ3n) is 2.90. The minimum atomic E-state index is -0.174. The van der Waals surface area contributed by atoms with E-state index in [1.54, 1.807) is 0 Å². The maximum atomic E-state index is 10.6. The van der Waals surface area contributed by atoms with E-state index in [-0.39, 0.29) is 6.10 Å². The highest BCUT2D eigenvalue weighted by atomic mass is 32.1. The first kappa shape index (κ1) is 10.6. The highest BCUT2D eigenvalue weighted by Gasteiger charge is 2.24. The molecule has 1 aromatic heterocycles. The zero-order chi connectivity index (χ0) is 10.8. The number of piperidine rings is 1. The largest absolute Gasteiger partial charge is 0.393 e. The van der Waals surface area contributed by atoms with Crippen LogP contribution in [0.4, 0.5) is 5.00 Å². The lowest BCUT2D eigenvalue weighted by Crippen LogP contribution is -2.41.